The molecule has 0 aliphatic rings. The molecule has 0 saturated heterocycles. The Morgan fingerprint density at radius 2 is 1.96 bits per heavy atom. The largest absolute Gasteiger partial charge is 0.465 e. The number of nitrogens with zero attached hydrogens (tertiary/aromatic N) is 1. The van der Waals surface area contributed by atoms with Gasteiger partial charge in [-0.15, -0.1) is 11.3 Å². The van der Waals surface area contributed by atoms with Crippen molar-refractivity contribution in [1.29, 1.82) is 0 Å². The zero-order chi connectivity index (χ0) is 20.3. The molecule has 0 atom stereocenters. The Morgan fingerprint density at radius 1 is 1.18 bits per heavy atom. The number of thiophene rings is 1. The van der Waals surface area contributed by atoms with Gasteiger partial charge in [-0.25, -0.2) is 13.2 Å². The molecule has 1 N–H and O–H groups in total. The van der Waals surface area contributed by atoms with Gasteiger partial charge < -0.3 is 14.6 Å². The second-order valence-corrected chi connectivity index (χ2v) is 9.11. The molecule has 1 aromatic carbocycles. The summed E-state index contributed by atoms with van der Waals surface area (Å²) in [4.78, 5) is 25.6. The first-order valence-corrected chi connectivity index (χ1v) is 11.0. The second kappa shape index (κ2) is 7.99. The minimum Gasteiger partial charge on any atom is -0.465 e. The molecule has 3 aromatic rings. The first-order valence-electron chi connectivity index (χ1n) is 8.20. The molecule has 0 spiro atoms. The van der Waals surface area contributed by atoms with Crippen LogP contribution in [0.1, 0.15) is 25.7 Å². The highest BCUT2D eigenvalue weighted by Gasteiger charge is 2.17. The van der Waals surface area contributed by atoms with E-state index in [1.165, 1.54) is 25.3 Å². The maximum atomic E-state index is 12.7. The summed E-state index contributed by atoms with van der Waals surface area (Å²) in [6.45, 7) is 0.546. The molecule has 0 fully saturated rings. The molecule has 0 bridgehead atoms. The van der Waals surface area contributed by atoms with Crippen LogP contribution in [-0.2, 0) is 21.1 Å². The maximum absolute atomic E-state index is 12.7. The molecule has 0 unspecified atom stereocenters. The van der Waals surface area contributed by atoms with Crippen LogP contribution in [0.5, 0.6) is 0 Å². The van der Waals surface area contributed by atoms with Crippen LogP contribution in [0.3, 0.4) is 0 Å². The number of nitrogens with one attached hydrogen (secondary N) is 1. The Labute approximate surface area is 166 Å². The normalized spacial score (nSPS) is 11.2. The third kappa shape index (κ3) is 4.49. The molecular formula is C19H18N2O5S2. The number of carbonyl (C=O) groups excluding carboxylic acids is 2. The van der Waals surface area contributed by atoms with E-state index in [2.05, 4.69) is 10.1 Å². The summed E-state index contributed by atoms with van der Waals surface area (Å²) < 4.78 is 30.3. The molecular weight excluding hydrogens is 400 g/mol. The molecule has 146 valence electrons. The average Bonchev–Trinajstić information content (AvgIpc) is 3.32. The van der Waals surface area contributed by atoms with Gasteiger partial charge in [-0.1, -0.05) is 6.07 Å². The summed E-state index contributed by atoms with van der Waals surface area (Å²) in [7, 11) is -2.38. The quantitative estimate of drug-likeness (QED) is 0.621. The molecule has 1 amide bonds. The summed E-state index contributed by atoms with van der Waals surface area (Å²) in [5.41, 5.74) is 0.643. The number of rotatable bonds is 6. The summed E-state index contributed by atoms with van der Waals surface area (Å²) in [5.74, 6) is -1.11. The van der Waals surface area contributed by atoms with Crippen LogP contribution in [0.15, 0.2) is 58.9 Å². The van der Waals surface area contributed by atoms with Crippen LogP contribution in [0, 0.1) is 0 Å². The topological polar surface area (TPSA) is 94.5 Å². The number of sulfone groups is 1. The van der Waals surface area contributed by atoms with Crippen molar-refractivity contribution in [2.75, 3.05) is 18.7 Å². The average molecular weight is 418 g/mol. The monoisotopic (exact) mass is 418 g/mol. The van der Waals surface area contributed by atoms with Crippen LogP contribution in [0.4, 0.5) is 5.69 Å². The number of methoxy groups -OCH3 is 1. The Hall–Kier alpha value is -2.91. The van der Waals surface area contributed by atoms with Gasteiger partial charge in [0.1, 0.15) is 5.69 Å². The molecule has 9 heteroatoms. The zero-order valence-corrected chi connectivity index (χ0v) is 16.8. The smallest absolute Gasteiger partial charge is 0.337 e. The van der Waals surface area contributed by atoms with Crippen molar-refractivity contribution in [2.24, 2.45) is 0 Å². The number of ether oxygens (including phenoxy) is 1. The summed E-state index contributed by atoms with van der Waals surface area (Å²) in [6, 6.07) is 11.3. The SMILES string of the molecule is COC(=O)c1cc(NC(=O)c2cccn2Cc2cccs2)cc(S(C)(=O)=O)c1. The van der Waals surface area contributed by atoms with Crippen molar-refractivity contribution in [1.82, 2.24) is 4.57 Å². The standard InChI is InChI=1S/C19H18N2O5S2/c1-26-19(23)13-9-14(11-16(10-13)28(2,24)25)20-18(22)17-6-3-7-21(17)12-15-5-4-8-27-15/h3-11H,12H2,1-2H3,(H,20,22). The van der Waals surface area contributed by atoms with Crippen molar-refractivity contribution in [3.05, 3.63) is 70.2 Å². The van der Waals surface area contributed by atoms with Gasteiger partial charge in [0.2, 0.25) is 0 Å². The van der Waals surface area contributed by atoms with E-state index in [4.69, 9.17) is 0 Å². The first kappa shape index (κ1) is 19.8. The highest BCUT2D eigenvalue weighted by atomic mass is 32.2. The number of aromatic nitrogens is 1. The van der Waals surface area contributed by atoms with E-state index in [1.54, 1.807) is 34.2 Å². The fraction of sp³-hybridized carbons (Fsp3) is 0.158. The van der Waals surface area contributed by atoms with Gasteiger partial charge >= 0.3 is 5.97 Å². The van der Waals surface area contributed by atoms with E-state index in [0.717, 1.165) is 11.1 Å². The predicted molar refractivity (Wildman–Crippen MR) is 107 cm³/mol. The number of amides is 1. The molecule has 0 saturated carbocycles. The molecule has 2 aromatic heterocycles. The highest BCUT2D eigenvalue weighted by Crippen LogP contribution is 2.21. The number of benzene rings is 1. The van der Waals surface area contributed by atoms with E-state index in [9.17, 15) is 18.0 Å². The van der Waals surface area contributed by atoms with E-state index in [-0.39, 0.29) is 16.1 Å². The minimum atomic E-state index is -3.58. The number of anilines is 1. The van der Waals surface area contributed by atoms with Gasteiger partial charge in [-0.2, -0.15) is 0 Å². The van der Waals surface area contributed by atoms with Gasteiger partial charge in [0.05, 0.1) is 24.1 Å². The van der Waals surface area contributed by atoms with Gasteiger partial charge in [0.15, 0.2) is 9.84 Å². The predicted octanol–water partition coefficient (Wildman–Crippen LogP) is 3.04. The van der Waals surface area contributed by atoms with E-state index in [0.29, 0.717) is 12.2 Å². The molecule has 7 nitrogen and oxygen atoms in total. The molecule has 0 aliphatic heterocycles. The van der Waals surface area contributed by atoms with Crippen molar-refractivity contribution in [3.63, 3.8) is 0 Å². The van der Waals surface area contributed by atoms with Crippen LogP contribution in [0.2, 0.25) is 0 Å². The summed E-state index contributed by atoms with van der Waals surface area (Å²) >= 11 is 1.59. The Kier molecular flexibility index (Phi) is 5.66. The summed E-state index contributed by atoms with van der Waals surface area (Å²) in [5, 5.41) is 4.63. The fourth-order valence-corrected chi connectivity index (χ4v) is 4.03. The molecule has 0 aliphatic carbocycles. The Morgan fingerprint density at radius 3 is 2.61 bits per heavy atom. The van der Waals surface area contributed by atoms with Crippen LogP contribution >= 0.6 is 11.3 Å². The van der Waals surface area contributed by atoms with E-state index >= 15 is 0 Å². The third-order valence-electron chi connectivity index (χ3n) is 3.98. The number of hydrogen-bond donors (Lipinski definition) is 1. The highest BCUT2D eigenvalue weighted by molar-refractivity contribution is 7.90. The number of carbonyl (C=O) groups is 2. The lowest BCUT2D eigenvalue weighted by atomic mass is 10.2. The second-order valence-electron chi connectivity index (χ2n) is 6.06. The van der Waals surface area contributed by atoms with Crippen molar-refractivity contribution in [2.45, 2.75) is 11.4 Å². The Balaban J connectivity index is 1.90. The Bertz CT molecular complexity index is 1120. The van der Waals surface area contributed by atoms with E-state index in [1.807, 2.05) is 17.5 Å². The number of esters is 1. The molecule has 3 rings (SSSR count). The van der Waals surface area contributed by atoms with Crippen molar-refractivity contribution >= 4 is 38.7 Å². The molecule has 0 radical (unpaired) electrons. The molecule has 28 heavy (non-hydrogen) atoms. The first-order chi connectivity index (χ1) is 13.3. The minimum absolute atomic E-state index is 0.0368. The number of hydrogen-bond acceptors (Lipinski definition) is 6. The third-order valence-corrected chi connectivity index (χ3v) is 5.94. The van der Waals surface area contributed by atoms with Crippen LogP contribution < -0.4 is 5.32 Å². The lowest BCUT2D eigenvalue weighted by Gasteiger charge is -2.11. The van der Waals surface area contributed by atoms with Gasteiger partial charge in [-0.05, 0) is 41.8 Å². The van der Waals surface area contributed by atoms with Crippen molar-refractivity contribution < 1.29 is 22.7 Å². The van der Waals surface area contributed by atoms with Crippen molar-refractivity contribution in [3.8, 4) is 0 Å². The van der Waals surface area contributed by atoms with Gasteiger partial charge in [0.25, 0.3) is 5.91 Å². The van der Waals surface area contributed by atoms with E-state index < -0.39 is 21.7 Å². The van der Waals surface area contributed by atoms with Gasteiger partial charge in [-0.3, -0.25) is 4.79 Å². The maximum Gasteiger partial charge on any atom is 0.337 e. The zero-order valence-electron chi connectivity index (χ0n) is 15.2. The van der Waals surface area contributed by atoms with Crippen LogP contribution in [0.25, 0.3) is 0 Å². The van der Waals surface area contributed by atoms with Crippen LogP contribution in [-0.4, -0.2) is 38.2 Å². The lowest BCUT2D eigenvalue weighted by molar-refractivity contribution is 0.0600. The summed E-state index contributed by atoms with van der Waals surface area (Å²) in [6.07, 6.45) is 2.82. The lowest BCUT2D eigenvalue weighted by Crippen LogP contribution is -2.18. The molecule has 2 heterocycles. The fourth-order valence-electron chi connectivity index (χ4n) is 2.64. The van der Waals surface area contributed by atoms with Gasteiger partial charge in [0, 0.05) is 23.0 Å².